The lowest BCUT2D eigenvalue weighted by molar-refractivity contribution is -0.302. The molecule has 0 radical (unpaired) electrons. The Morgan fingerprint density at radius 1 is 0.589 bits per heavy atom. The lowest BCUT2D eigenvalue weighted by Gasteiger charge is -2.40. The Labute approximate surface area is 344 Å². The third-order valence-electron chi connectivity index (χ3n) is 11.6. The molecule has 56 heavy (non-hydrogen) atoms. The number of aliphatic hydroxyl groups is 5. The monoisotopic (exact) mass is 798 g/mol. The van der Waals surface area contributed by atoms with Crippen LogP contribution in [-0.4, -0.2) is 87.5 Å². The van der Waals surface area contributed by atoms with Gasteiger partial charge in [-0.1, -0.05) is 199 Å². The number of rotatable bonds is 40. The standard InChI is InChI=1S/C47H91NO8/c1-3-5-7-9-11-13-14-15-16-17-18-19-20-21-22-23-24-25-26-27-29-30-32-34-36-41(50)40(39-55-47-46(54)45(53)44(52)42(38-49)56-47)48-43(51)37-35-33-31-28-12-10-8-6-4-2/h28,31,40-42,44-47,49-50,52-54H,3-27,29-30,32-39H2,1-2H3,(H,48,51)/b31-28-. The number of hydrogen-bond acceptors (Lipinski definition) is 8. The molecule has 0 aromatic carbocycles. The van der Waals surface area contributed by atoms with Crippen LogP contribution in [0.2, 0.25) is 0 Å². The largest absolute Gasteiger partial charge is 0.394 e. The number of aliphatic hydroxyl groups excluding tert-OH is 5. The number of hydrogen-bond donors (Lipinski definition) is 6. The Morgan fingerprint density at radius 3 is 1.45 bits per heavy atom. The summed E-state index contributed by atoms with van der Waals surface area (Å²) in [6, 6.07) is -0.728. The summed E-state index contributed by atoms with van der Waals surface area (Å²) in [6.45, 7) is 3.79. The van der Waals surface area contributed by atoms with Crippen molar-refractivity contribution in [1.82, 2.24) is 5.32 Å². The van der Waals surface area contributed by atoms with Crippen LogP contribution in [0.25, 0.3) is 0 Å². The first-order valence-electron chi connectivity index (χ1n) is 23.9. The van der Waals surface area contributed by atoms with Crippen molar-refractivity contribution in [3.63, 3.8) is 0 Å². The zero-order valence-corrected chi connectivity index (χ0v) is 36.4. The summed E-state index contributed by atoms with van der Waals surface area (Å²) >= 11 is 0. The van der Waals surface area contributed by atoms with Gasteiger partial charge < -0.3 is 40.3 Å². The van der Waals surface area contributed by atoms with Crippen LogP contribution in [-0.2, 0) is 14.3 Å². The number of nitrogens with one attached hydrogen (secondary N) is 1. The summed E-state index contributed by atoms with van der Waals surface area (Å²) in [7, 11) is 0. The van der Waals surface area contributed by atoms with Crippen LogP contribution in [0, 0.1) is 0 Å². The van der Waals surface area contributed by atoms with Crippen LogP contribution in [0.5, 0.6) is 0 Å². The van der Waals surface area contributed by atoms with Crippen LogP contribution < -0.4 is 5.32 Å². The Morgan fingerprint density at radius 2 is 1.00 bits per heavy atom. The fourth-order valence-corrected chi connectivity index (χ4v) is 7.75. The molecule has 0 spiro atoms. The van der Waals surface area contributed by atoms with Crippen molar-refractivity contribution in [3.8, 4) is 0 Å². The maximum Gasteiger partial charge on any atom is 0.220 e. The number of ether oxygens (including phenoxy) is 2. The van der Waals surface area contributed by atoms with Gasteiger partial charge in [0.2, 0.25) is 5.91 Å². The normalized spacial score (nSPS) is 21.2. The summed E-state index contributed by atoms with van der Waals surface area (Å²) < 4.78 is 11.2. The molecule has 1 saturated heterocycles. The zero-order chi connectivity index (χ0) is 40.9. The Bertz CT molecular complexity index is 888. The highest BCUT2D eigenvalue weighted by Gasteiger charge is 2.44. The summed E-state index contributed by atoms with van der Waals surface area (Å²) in [5, 5.41) is 54.2. The Balaban J connectivity index is 2.21. The predicted molar refractivity (Wildman–Crippen MR) is 231 cm³/mol. The van der Waals surface area contributed by atoms with Gasteiger partial charge in [-0.15, -0.1) is 0 Å². The van der Waals surface area contributed by atoms with Gasteiger partial charge in [-0.05, 0) is 32.1 Å². The molecule has 7 atom stereocenters. The number of allylic oxidation sites excluding steroid dienone is 2. The van der Waals surface area contributed by atoms with Crippen LogP contribution in [0.15, 0.2) is 12.2 Å². The van der Waals surface area contributed by atoms with Crippen LogP contribution in [0.1, 0.15) is 226 Å². The third kappa shape index (κ3) is 28.4. The fourth-order valence-electron chi connectivity index (χ4n) is 7.75. The molecule has 0 aliphatic carbocycles. The molecule has 1 heterocycles. The summed E-state index contributed by atoms with van der Waals surface area (Å²) in [5.74, 6) is -0.178. The molecule has 0 aromatic rings. The SMILES string of the molecule is CCCCCC/C=C\CCCC(=O)NC(COC1OC(CO)C(O)C(O)C1O)C(O)CCCCCCCCCCCCCCCCCCCCCCCCCC. The van der Waals surface area contributed by atoms with E-state index in [1.807, 2.05) is 0 Å². The number of amides is 1. The van der Waals surface area contributed by atoms with E-state index < -0.39 is 49.5 Å². The van der Waals surface area contributed by atoms with Gasteiger partial charge in [0.25, 0.3) is 0 Å². The molecule has 1 amide bonds. The topological polar surface area (TPSA) is 149 Å². The molecule has 0 bridgehead atoms. The van der Waals surface area contributed by atoms with Crippen molar-refractivity contribution >= 4 is 5.91 Å². The maximum atomic E-state index is 12.9. The summed E-state index contributed by atoms with van der Waals surface area (Å²) in [5.41, 5.74) is 0. The summed E-state index contributed by atoms with van der Waals surface area (Å²) in [4.78, 5) is 12.9. The number of carbonyl (C=O) groups is 1. The molecule has 7 unspecified atom stereocenters. The average molecular weight is 798 g/mol. The molecule has 0 aromatic heterocycles. The molecule has 9 heteroatoms. The van der Waals surface area contributed by atoms with Gasteiger partial charge in [-0.25, -0.2) is 0 Å². The number of unbranched alkanes of at least 4 members (excludes halogenated alkanes) is 28. The van der Waals surface area contributed by atoms with Crippen LogP contribution in [0.4, 0.5) is 0 Å². The summed E-state index contributed by atoms with van der Waals surface area (Å²) in [6.07, 6.45) is 36.8. The van der Waals surface area contributed by atoms with Gasteiger partial charge in [0.05, 0.1) is 25.4 Å². The van der Waals surface area contributed by atoms with E-state index in [0.29, 0.717) is 19.3 Å². The van der Waals surface area contributed by atoms with Gasteiger partial charge in [0.15, 0.2) is 6.29 Å². The lowest BCUT2D eigenvalue weighted by atomic mass is 9.99. The molecule has 9 nitrogen and oxygen atoms in total. The van der Waals surface area contributed by atoms with Crippen molar-refractivity contribution in [3.05, 3.63) is 12.2 Å². The number of carbonyl (C=O) groups excluding carboxylic acids is 1. The third-order valence-corrected chi connectivity index (χ3v) is 11.6. The van der Waals surface area contributed by atoms with Gasteiger partial charge in [-0.3, -0.25) is 4.79 Å². The zero-order valence-electron chi connectivity index (χ0n) is 36.4. The van der Waals surface area contributed by atoms with Gasteiger partial charge in [0, 0.05) is 6.42 Å². The van der Waals surface area contributed by atoms with Crippen molar-refractivity contribution in [1.29, 1.82) is 0 Å². The highest BCUT2D eigenvalue weighted by Crippen LogP contribution is 2.23. The van der Waals surface area contributed by atoms with Crippen molar-refractivity contribution in [2.45, 2.75) is 269 Å². The quantitative estimate of drug-likeness (QED) is 0.0265. The molecular weight excluding hydrogens is 707 g/mol. The molecule has 6 N–H and O–H groups in total. The van der Waals surface area contributed by atoms with E-state index in [-0.39, 0.29) is 12.5 Å². The second-order valence-electron chi connectivity index (χ2n) is 16.9. The van der Waals surface area contributed by atoms with Gasteiger partial charge in [-0.2, -0.15) is 0 Å². The smallest absolute Gasteiger partial charge is 0.220 e. The molecule has 1 aliphatic heterocycles. The molecule has 332 valence electrons. The van der Waals surface area contributed by atoms with Crippen molar-refractivity contribution in [2.75, 3.05) is 13.2 Å². The first-order valence-corrected chi connectivity index (χ1v) is 23.9. The van der Waals surface area contributed by atoms with Crippen LogP contribution in [0.3, 0.4) is 0 Å². The van der Waals surface area contributed by atoms with Crippen LogP contribution >= 0.6 is 0 Å². The molecule has 1 fully saturated rings. The van der Waals surface area contributed by atoms with E-state index in [2.05, 4.69) is 31.3 Å². The van der Waals surface area contributed by atoms with Crippen molar-refractivity contribution < 1.29 is 39.8 Å². The maximum absolute atomic E-state index is 12.9. The van der Waals surface area contributed by atoms with E-state index in [0.717, 1.165) is 32.1 Å². The minimum atomic E-state index is -1.55. The first-order chi connectivity index (χ1) is 27.3. The van der Waals surface area contributed by atoms with E-state index in [1.165, 1.54) is 161 Å². The highest BCUT2D eigenvalue weighted by molar-refractivity contribution is 5.76. The molecule has 1 aliphatic rings. The Kier molecular flexibility index (Phi) is 36.1. The lowest BCUT2D eigenvalue weighted by Crippen LogP contribution is -2.60. The average Bonchev–Trinajstić information content (AvgIpc) is 3.20. The second-order valence-corrected chi connectivity index (χ2v) is 16.9. The minimum absolute atomic E-state index is 0.146. The van der Waals surface area contributed by atoms with E-state index >= 15 is 0 Å². The van der Waals surface area contributed by atoms with E-state index in [4.69, 9.17) is 9.47 Å². The second kappa shape index (κ2) is 38.2. The van der Waals surface area contributed by atoms with Gasteiger partial charge in [0.1, 0.15) is 24.4 Å². The Hall–Kier alpha value is -1.07. The predicted octanol–water partition coefficient (Wildman–Crippen LogP) is 10.1. The van der Waals surface area contributed by atoms with Gasteiger partial charge >= 0.3 is 0 Å². The molecule has 1 rings (SSSR count). The molecule has 0 saturated carbocycles. The minimum Gasteiger partial charge on any atom is -0.394 e. The van der Waals surface area contributed by atoms with Crippen molar-refractivity contribution in [2.24, 2.45) is 0 Å². The molecular formula is C47H91NO8. The van der Waals surface area contributed by atoms with E-state index in [9.17, 15) is 30.3 Å². The van der Waals surface area contributed by atoms with E-state index in [1.54, 1.807) is 0 Å². The fraction of sp³-hybridized carbons (Fsp3) is 0.936. The first kappa shape index (κ1) is 52.9. The highest BCUT2D eigenvalue weighted by atomic mass is 16.7.